The van der Waals surface area contributed by atoms with Gasteiger partial charge in [0.15, 0.2) is 9.84 Å². The molecule has 1 saturated heterocycles. The van der Waals surface area contributed by atoms with Crippen molar-refractivity contribution in [3.8, 4) is 0 Å². The summed E-state index contributed by atoms with van der Waals surface area (Å²) in [5, 5.41) is -0.327. The van der Waals surface area contributed by atoms with Gasteiger partial charge in [0.25, 0.3) is 0 Å². The molecule has 2 aliphatic rings. The first-order valence-electron chi connectivity index (χ1n) is 6.23. The van der Waals surface area contributed by atoms with Crippen molar-refractivity contribution in [2.24, 2.45) is 11.7 Å². The lowest BCUT2D eigenvalue weighted by Crippen LogP contribution is -2.51. The largest absolute Gasteiger partial charge is 0.327 e. The molecule has 2 fully saturated rings. The Bertz CT molecular complexity index is 354. The van der Waals surface area contributed by atoms with Gasteiger partial charge in [-0.05, 0) is 12.3 Å². The van der Waals surface area contributed by atoms with E-state index in [-0.39, 0.29) is 11.4 Å². The van der Waals surface area contributed by atoms with Crippen LogP contribution in [0, 0.1) is 5.92 Å². The van der Waals surface area contributed by atoms with Gasteiger partial charge >= 0.3 is 0 Å². The second kappa shape index (κ2) is 5.47. The Morgan fingerprint density at radius 2 is 2.18 bits per heavy atom. The van der Waals surface area contributed by atoms with Crippen LogP contribution < -0.4 is 5.73 Å². The van der Waals surface area contributed by atoms with Gasteiger partial charge in [0.2, 0.25) is 0 Å². The van der Waals surface area contributed by atoms with E-state index in [0.29, 0.717) is 5.75 Å². The molecule has 0 radical (unpaired) electrons. The van der Waals surface area contributed by atoms with Crippen LogP contribution in [0.1, 0.15) is 19.3 Å². The molecule has 0 aromatic heterocycles. The van der Waals surface area contributed by atoms with Crippen LogP contribution in [0.25, 0.3) is 0 Å². The minimum absolute atomic E-state index is 0.134. The van der Waals surface area contributed by atoms with E-state index < -0.39 is 9.84 Å². The molecule has 2 unspecified atom stereocenters. The Kier molecular flexibility index (Phi) is 4.39. The zero-order valence-electron chi connectivity index (χ0n) is 10.3. The number of rotatable bonds is 5. The Hall–Kier alpha value is 0.220. The Morgan fingerprint density at radius 3 is 2.76 bits per heavy atom. The molecule has 0 aromatic rings. The molecule has 0 spiro atoms. The normalized spacial score (nSPS) is 29.2. The maximum Gasteiger partial charge on any atom is 0.164 e. The number of nitrogens with two attached hydrogens (primary N) is 1. The molecule has 1 aliphatic carbocycles. The number of hydrogen-bond acceptors (Lipinski definition) is 5. The first kappa shape index (κ1) is 13.6. The molecule has 1 heterocycles. The zero-order valence-corrected chi connectivity index (χ0v) is 12.0. The predicted molar refractivity (Wildman–Crippen MR) is 72.8 cm³/mol. The van der Waals surface area contributed by atoms with Gasteiger partial charge in [0.1, 0.15) is 5.37 Å². The van der Waals surface area contributed by atoms with Crippen LogP contribution in [0.15, 0.2) is 0 Å². The number of thioether (sulfide) groups is 1. The third-order valence-corrected chi connectivity index (χ3v) is 6.17. The Labute approximate surface area is 108 Å². The molecule has 0 bridgehead atoms. The van der Waals surface area contributed by atoms with Crippen molar-refractivity contribution in [1.82, 2.24) is 4.90 Å². The van der Waals surface area contributed by atoms with Crippen LogP contribution >= 0.6 is 11.8 Å². The fraction of sp³-hybridized carbons (Fsp3) is 1.00. The average molecular weight is 278 g/mol. The van der Waals surface area contributed by atoms with Crippen molar-refractivity contribution in [2.75, 3.05) is 30.9 Å². The van der Waals surface area contributed by atoms with Crippen molar-refractivity contribution >= 4 is 21.6 Å². The predicted octanol–water partition coefficient (Wildman–Crippen LogP) is 0.533. The summed E-state index contributed by atoms with van der Waals surface area (Å²) in [6.07, 6.45) is 5.00. The minimum Gasteiger partial charge on any atom is -0.327 e. The van der Waals surface area contributed by atoms with Crippen LogP contribution in [-0.4, -0.2) is 55.6 Å². The van der Waals surface area contributed by atoms with Gasteiger partial charge in [-0.3, -0.25) is 4.90 Å². The fourth-order valence-corrected chi connectivity index (χ4v) is 5.33. The Morgan fingerprint density at radius 1 is 1.47 bits per heavy atom. The van der Waals surface area contributed by atoms with Crippen LogP contribution in [0.4, 0.5) is 0 Å². The van der Waals surface area contributed by atoms with E-state index in [4.69, 9.17) is 5.73 Å². The van der Waals surface area contributed by atoms with Gasteiger partial charge in [-0.25, -0.2) is 8.42 Å². The average Bonchev–Trinajstić information content (AvgIpc) is 3.00. The molecule has 0 aromatic carbocycles. The molecule has 17 heavy (non-hydrogen) atoms. The topological polar surface area (TPSA) is 63.4 Å². The summed E-state index contributed by atoms with van der Waals surface area (Å²) in [5.74, 6) is 2.51. The maximum absolute atomic E-state index is 11.7. The first-order valence-corrected chi connectivity index (χ1v) is 9.34. The SMILES string of the molecule is CS(=O)(=O)C1CSCCN1CC(N)CC1CC1. The van der Waals surface area contributed by atoms with Gasteiger partial charge in [0, 0.05) is 36.9 Å². The van der Waals surface area contributed by atoms with Crippen molar-refractivity contribution in [3.05, 3.63) is 0 Å². The van der Waals surface area contributed by atoms with Gasteiger partial charge < -0.3 is 5.73 Å². The fourth-order valence-electron chi connectivity index (χ4n) is 2.38. The quantitative estimate of drug-likeness (QED) is 0.795. The molecular formula is C11H22N2O2S2. The third-order valence-electron chi connectivity index (χ3n) is 3.49. The molecule has 100 valence electrons. The summed E-state index contributed by atoms with van der Waals surface area (Å²) in [6.45, 7) is 1.58. The molecule has 2 atom stereocenters. The molecule has 1 aliphatic heterocycles. The minimum atomic E-state index is -2.98. The highest BCUT2D eigenvalue weighted by molar-refractivity contribution is 8.00. The molecule has 0 amide bonds. The van der Waals surface area contributed by atoms with E-state index >= 15 is 0 Å². The summed E-state index contributed by atoms with van der Waals surface area (Å²) < 4.78 is 23.4. The second-order valence-corrected chi connectivity index (χ2v) is 8.65. The lowest BCUT2D eigenvalue weighted by molar-refractivity contribution is 0.247. The van der Waals surface area contributed by atoms with Crippen LogP contribution in [-0.2, 0) is 9.84 Å². The highest BCUT2D eigenvalue weighted by atomic mass is 32.2. The van der Waals surface area contributed by atoms with E-state index in [2.05, 4.69) is 4.90 Å². The van der Waals surface area contributed by atoms with E-state index in [1.165, 1.54) is 19.1 Å². The highest BCUT2D eigenvalue weighted by Crippen LogP contribution is 2.33. The van der Waals surface area contributed by atoms with Gasteiger partial charge in [-0.2, -0.15) is 11.8 Å². The lowest BCUT2D eigenvalue weighted by Gasteiger charge is -2.35. The second-order valence-electron chi connectivity index (χ2n) is 5.29. The number of sulfone groups is 1. The van der Waals surface area contributed by atoms with E-state index in [0.717, 1.165) is 31.2 Å². The van der Waals surface area contributed by atoms with E-state index in [1.54, 1.807) is 11.8 Å². The van der Waals surface area contributed by atoms with Gasteiger partial charge in [0.05, 0.1) is 0 Å². The molecule has 1 saturated carbocycles. The summed E-state index contributed by atoms with van der Waals surface area (Å²) in [4.78, 5) is 2.07. The number of nitrogens with zero attached hydrogens (tertiary/aromatic N) is 1. The van der Waals surface area contributed by atoms with Crippen LogP contribution in [0.3, 0.4) is 0 Å². The van der Waals surface area contributed by atoms with E-state index in [9.17, 15) is 8.42 Å². The molecular weight excluding hydrogens is 256 g/mol. The van der Waals surface area contributed by atoms with Crippen molar-refractivity contribution < 1.29 is 8.42 Å². The maximum atomic E-state index is 11.7. The van der Waals surface area contributed by atoms with Gasteiger partial charge in [-0.1, -0.05) is 12.8 Å². The van der Waals surface area contributed by atoms with Crippen LogP contribution in [0.2, 0.25) is 0 Å². The van der Waals surface area contributed by atoms with Crippen LogP contribution in [0.5, 0.6) is 0 Å². The summed E-state index contributed by atoms with van der Waals surface area (Å²) in [7, 11) is -2.98. The Balaban J connectivity index is 1.91. The lowest BCUT2D eigenvalue weighted by atomic mass is 10.1. The molecule has 2 rings (SSSR count). The smallest absolute Gasteiger partial charge is 0.164 e. The highest BCUT2D eigenvalue weighted by Gasteiger charge is 2.33. The summed E-state index contributed by atoms with van der Waals surface area (Å²) >= 11 is 1.73. The molecule has 2 N–H and O–H groups in total. The molecule has 4 nitrogen and oxygen atoms in total. The first-order chi connectivity index (χ1) is 7.97. The third kappa shape index (κ3) is 4.12. The summed E-state index contributed by atoms with van der Waals surface area (Å²) in [6, 6.07) is 0.134. The van der Waals surface area contributed by atoms with Crippen molar-refractivity contribution in [3.63, 3.8) is 0 Å². The van der Waals surface area contributed by atoms with Gasteiger partial charge in [-0.15, -0.1) is 0 Å². The monoisotopic (exact) mass is 278 g/mol. The standard InChI is InChI=1S/C11H22N2O2S2/c1-17(14,15)11-8-16-5-4-13(11)7-10(12)6-9-2-3-9/h9-11H,2-8,12H2,1H3. The summed E-state index contributed by atoms with van der Waals surface area (Å²) in [5.41, 5.74) is 6.11. The van der Waals surface area contributed by atoms with E-state index in [1.807, 2.05) is 0 Å². The van der Waals surface area contributed by atoms with Crippen molar-refractivity contribution in [2.45, 2.75) is 30.7 Å². The molecule has 6 heteroatoms. The van der Waals surface area contributed by atoms with Crippen molar-refractivity contribution in [1.29, 1.82) is 0 Å². The number of hydrogen-bond donors (Lipinski definition) is 1. The zero-order chi connectivity index (χ0) is 12.5.